The summed E-state index contributed by atoms with van der Waals surface area (Å²) in [5.41, 5.74) is 0. The third-order valence-electron chi connectivity index (χ3n) is 1.74. The Balaban J connectivity index is 2.73. The van der Waals surface area contributed by atoms with E-state index >= 15 is 0 Å². The van der Waals surface area contributed by atoms with Crippen molar-refractivity contribution >= 4 is 10.1 Å². The highest BCUT2D eigenvalue weighted by Crippen LogP contribution is 2.18. The lowest BCUT2D eigenvalue weighted by Gasteiger charge is -2.34. The molecule has 7 nitrogen and oxygen atoms in total. The van der Waals surface area contributed by atoms with Gasteiger partial charge in [-0.3, -0.25) is 4.18 Å². The van der Waals surface area contributed by atoms with Crippen molar-refractivity contribution in [2.24, 2.45) is 0 Å². The second-order valence-corrected chi connectivity index (χ2v) is 4.65. The van der Waals surface area contributed by atoms with E-state index < -0.39 is 34.7 Å². The SMILES string of the molecule is CS(=O)(=O)O[C@@H]1[C@@H](O)[C@H](O)CO[C@@H]1O. The van der Waals surface area contributed by atoms with Crippen LogP contribution in [-0.4, -0.2) is 61.2 Å². The summed E-state index contributed by atoms with van der Waals surface area (Å²) in [4.78, 5) is 0. The fourth-order valence-corrected chi connectivity index (χ4v) is 1.70. The van der Waals surface area contributed by atoms with E-state index in [1.807, 2.05) is 0 Å². The maximum atomic E-state index is 10.7. The molecule has 1 aliphatic rings. The first-order valence-electron chi connectivity index (χ1n) is 3.85. The molecule has 1 fully saturated rings. The first-order chi connectivity index (χ1) is 6.31. The number of aliphatic hydroxyl groups excluding tert-OH is 3. The molecular weight excluding hydrogens is 216 g/mol. The third kappa shape index (κ3) is 2.87. The fraction of sp³-hybridized carbons (Fsp3) is 1.00. The summed E-state index contributed by atoms with van der Waals surface area (Å²) in [5, 5.41) is 27.5. The molecule has 1 rings (SSSR count). The van der Waals surface area contributed by atoms with E-state index in [1.54, 1.807) is 0 Å². The maximum absolute atomic E-state index is 10.7. The molecule has 0 aliphatic carbocycles. The van der Waals surface area contributed by atoms with Crippen LogP contribution in [0.25, 0.3) is 0 Å². The van der Waals surface area contributed by atoms with E-state index in [-0.39, 0.29) is 6.61 Å². The lowest BCUT2D eigenvalue weighted by atomic mass is 10.1. The molecule has 0 amide bonds. The monoisotopic (exact) mass is 228 g/mol. The molecule has 8 heteroatoms. The van der Waals surface area contributed by atoms with E-state index in [0.29, 0.717) is 0 Å². The van der Waals surface area contributed by atoms with Crippen LogP contribution in [0.3, 0.4) is 0 Å². The molecule has 0 bridgehead atoms. The fourth-order valence-electron chi connectivity index (χ4n) is 1.08. The topological polar surface area (TPSA) is 113 Å². The zero-order chi connectivity index (χ0) is 10.9. The van der Waals surface area contributed by atoms with Crippen molar-refractivity contribution in [2.75, 3.05) is 12.9 Å². The van der Waals surface area contributed by atoms with E-state index in [9.17, 15) is 13.5 Å². The molecule has 0 saturated carbocycles. The molecule has 1 saturated heterocycles. The Bertz CT molecular complexity index is 287. The van der Waals surface area contributed by atoms with Crippen LogP contribution in [0.15, 0.2) is 0 Å². The third-order valence-corrected chi connectivity index (χ3v) is 2.31. The van der Waals surface area contributed by atoms with Crippen molar-refractivity contribution in [1.29, 1.82) is 0 Å². The predicted octanol–water partition coefficient (Wildman–Crippen LogP) is -2.60. The number of hydrogen-bond acceptors (Lipinski definition) is 7. The molecule has 0 aromatic heterocycles. The zero-order valence-electron chi connectivity index (χ0n) is 7.40. The Hall–Kier alpha value is -0.250. The Morgan fingerprint density at radius 3 is 2.43 bits per heavy atom. The summed E-state index contributed by atoms with van der Waals surface area (Å²) in [6.07, 6.45) is -5.05. The van der Waals surface area contributed by atoms with Gasteiger partial charge in [-0.05, 0) is 0 Å². The summed E-state index contributed by atoms with van der Waals surface area (Å²) in [7, 11) is -3.82. The molecule has 0 spiro atoms. The van der Waals surface area contributed by atoms with Crippen molar-refractivity contribution < 1.29 is 32.7 Å². The van der Waals surface area contributed by atoms with Crippen LogP contribution >= 0.6 is 0 Å². The molecular formula is C6H12O7S. The van der Waals surface area contributed by atoms with Crippen LogP contribution < -0.4 is 0 Å². The highest BCUT2D eigenvalue weighted by Gasteiger charge is 2.40. The van der Waals surface area contributed by atoms with Crippen molar-refractivity contribution in [3.8, 4) is 0 Å². The summed E-state index contributed by atoms with van der Waals surface area (Å²) >= 11 is 0. The van der Waals surface area contributed by atoms with E-state index in [4.69, 9.17) is 10.2 Å². The Labute approximate surface area is 81.0 Å². The van der Waals surface area contributed by atoms with Crippen LogP contribution in [0.2, 0.25) is 0 Å². The quantitative estimate of drug-likeness (QED) is 0.444. The number of ether oxygens (including phenoxy) is 1. The van der Waals surface area contributed by atoms with Gasteiger partial charge in [0.25, 0.3) is 10.1 Å². The summed E-state index contributed by atoms with van der Waals surface area (Å²) in [5.74, 6) is 0. The van der Waals surface area contributed by atoms with Gasteiger partial charge in [-0.15, -0.1) is 0 Å². The number of hydrogen-bond donors (Lipinski definition) is 3. The summed E-state index contributed by atoms with van der Waals surface area (Å²) in [6.45, 7) is -0.272. The van der Waals surface area contributed by atoms with Gasteiger partial charge in [0.15, 0.2) is 12.4 Å². The minimum atomic E-state index is -3.82. The molecule has 84 valence electrons. The van der Waals surface area contributed by atoms with Crippen molar-refractivity contribution in [3.63, 3.8) is 0 Å². The molecule has 4 atom stereocenters. The summed E-state index contributed by atoms with van der Waals surface area (Å²) in [6, 6.07) is 0. The average molecular weight is 228 g/mol. The second kappa shape index (κ2) is 4.09. The molecule has 14 heavy (non-hydrogen) atoms. The first-order valence-corrected chi connectivity index (χ1v) is 5.67. The van der Waals surface area contributed by atoms with Crippen LogP contribution in [-0.2, 0) is 19.0 Å². The largest absolute Gasteiger partial charge is 0.388 e. The maximum Gasteiger partial charge on any atom is 0.264 e. The first kappa shape index (κ1) is 11.8. The van der Waals surface area contributed by atoms with Gasteiger partial charge in [0.05, 0.1) is 12.9 Å². The van der Waals surface area contributed by atoms with Crippen molar-refractivity contribution in [3.05, 3.63) is 0 Å². The van der Waals surface area contributed by atoms with Crippen LogP contribution in [0.4, 0.5) is 0 Å². The van der Waals surface area contributed by atoms with E-state index in [0.717, 1.165) is 6.26 Å². The lowest BCUT2D eigenvalue weighted by molar-refractivity contribution is -0.243. The molecule has 1 heterocycles. The second-order valence-electron chi connectivity index (χ2n) is 3.05. The highest BCUT2D eigenvalue weighted by molar-refractivity contribution is 7.86. The smallest absolute Gasteiger partial charge is 0.264 e. The van der Waals surface area contributed by atoms with Gasteiger partial charge in [-0.1, -0.05) is 0 Å². The average Bonchev–Trinajstić information content (AvgIpc) is 2.04. The predicted molar refractivity (Wildman–Crippen MR) is 43.7 cm³/mol. The Morgan fingerprint density at radius 1 is 1.36 bits per heavy atom. The Morgan fingerprint density at radius 2 is 1.93 bits per heavy atom. The van der Waals surface area contributed by atoms with Gasteiger partial charge in [0.2, 0.25) is 0 Å². The van der Waals surface area contributed by atoms with Gasteiger partial charge in [-0.2, -0.15) is 8.42 Å². The van der Waals surface area contributed by atoms with Gasteiger partial charge in [0, 0.05) is 0 Å². The molecule has 0 aromatic rings. The van der Waals surface area contributed by atoms with Crippen molar-refractivity contribution in [2.45, 2.75) is 24.6 Å². The standard InChI is InChI=1S/C6H12O7S/c1-14(10,11)13-5-4(8)3(7)2-12-6(5)9/h3-9H,2H2,1H3/t3-,4+,5-,6+/m1/s1. The van der Waals surface area contributed by atoms with Gasteiger partial charge < -0.3 is 20.1 Å². The van der Waals surface area contributed by atoms with Gasteiger partial charge >= 0.3 is 0 Å². The highest BCUT2D eigenvalue weighted by atomic mass is 32.2. The minimum absolute atomic E-state index is 0.272. The van der Waals surface area contributed by atoms with Gasteiger partial charge in [-0.25, -0.2) is 0 Å². The normalized spacial score (nSPS) is 39.7. The van der Waals surface area contributed by atoms with Crippen molar-refractivity contribution in [1.82, 2.24) is 0 Å². The number of rotatable bonds is 2. The van der Waals surface area contributed by atoms with Gasteiger partial charge in [0.1, 0.15) is 12.2 Å². The minimum Gasteiger partial charge on any atom is -0.388 e. The Kier molecular flexibility index (Phi) is 3.45. The molecule has 0 aromatic carbocycles. The van der Waals surface area contributed by atoms with E-state index in [2.05, 4.69) is 8.92 Å². The molecule has 1 aliphatic heterocycles. The zero-order valence-corrected chi connectivity index (χ0v) is 8.22. The molecule has 3 N–H and O–H groups in total. The molecule has 0 radical (unpaired) electrons. The van der Waals surface area contributed by atoms with E-state index in [1.165, 1.54) is 0 Å². The van der Waals surface area contributed by atoms with Crippen LogP contribution in [0.1, 0.15) is 0 Å². The lowest BCUT2D eigenvalue weighted by Crippen LogP contribution is -2.54. The molecule has 0 unspecified atom stereocenters. The van der Waals surface area contributed by atoms with Crippen LogP contribution in [0.5, 0.6) is 0 Å². The van der Waals surface area contributed by atoms with Crippen LogP contribution in [0, 0.1) is 0 Å². The summed E-state index contributed by atoms with van der Waals surface area (Å²) < 4.78 is 30.4. The number of aliphatic hydroxyl groups is 3.